The Hall–Kier alpha value is 2.88. The average molecular weight is 213 g/mol. The van der Waals surface area contributed by atoms with Crippen molar-refractivity contribution < 1.29 is 55.8 Å². The Morgan fingerprint density at radius 2 is 0.667 bits per heavy atom. The van der Waals surface area contributed by atoms with Gasteiger partial charge in [-0.1, -0.05) is 29.7 Å². The Labute approximate surface area is 124 Å². The van der Waals surface area contributed by atoms with Crippen molar-refractivity contribution in [3.05, 3.63) is 0 Å². The minimum atomic E-state index is 0. The van der Waals surface area contributed by atoms with Gasteiger partial charge in [0.15, 0.2) is 17.4 Å². The first-order chi connectivity index (χ1) is 0. The van der Waals surface area contributed by atoms with Crippen LogP contribution >= 0.6 is 0 Å². The summed E-state index contributed by atoms with van der Waals surface area (Å²) in [4.78, 5) is 0. The molecular weight excluding hydrogens is 193 g/mol. The smallest absolute Gasteiger partial charge is 1.00 e. The second kappa shape index (κ2) is 128. The summed E-state index contributed by atoms with van der Waals surface area (Å²) in [6.07, 6.45) is 0. The molecule has 0 atom stereocenters. The molecule has 0 nitrogen and oxygen atoms in total. The summed E-state index contributed by atoms with van der Waals surface area (Å²) in [7, 11) is 0. The van der Waals surface area contributed by atoms with Crippen LogP contribution in [0.25, 0.3) is 0 Å². The van der Waals surface area contributed by atoms with E-state index >= 15 is 0 Å². The monoisotopic (exact) mass is 212 g/mol. The molecule has 0 aliphatic heterocycles. The van der Waals surface area contributed by atoms with Gasteiger partial charge in [0.1, 0.15) is 0 Å². The molecular formula is C4H20AlCl2MgNa. The second-order valence-electron chi connectivity index (χ2n) is 0. The van der Waals surface area contributed by atoms with E-state index in [1.807, 2.05) is 0 Å². The van der Waals surface area contributed by atoms with E-state index in [1.54, 1.807) is 0 Å². The molecule has 0 N–H and O–H groups in total. The molecule has 0 bridgehead atoms. The zero-order chi connectivity index (χ0) is 0. The molecule has 0 heterocycles. The van der Waals surface area contributed by atoms with E-state index in [-0.39, 0.29) is 126 Å². The van der Waals surface area contributed by atoms with Crippen LogP contribution in [0.4, 0.5) is 0 Å². The van der Waals surface area contributed by atoms with Crippen molar-refractivity contribution >= 4 is 40.4 Å². The molecule has 56 valence electrons. The zero-order valence-corrected chi connectivity index (χ0v) is 7.39. The SMILES string of the molecule is C.C.C.C.[AlH3].[Cl-].[Cl-].[H-].[Mg+2].[Na+]. The van der Waals surface area contributed by atoms with Crippen LogP contribution in [0.3, 0.4) is 0 Å². The summed E-state index contributed by atoms with van der Waals surface area (Å²) < 4.78 is 0. The van der Waals surface area contributed by atoms with Gasteiger partial charge in [-0.25, -0.2) is 0 Å². The van der Waals surface area contributed by atoms with Crippen molar-refractivity contribution in [2.75, 3.05) is 0 Å². The third-order valence-electron chi connectivity index (χ3n) is 0. The van der Waals surface area contributed by atoms with Crippen LogP contribution < -0.4 is 54.4 Å². The molecule has 5 heteroatoms. The van der Waals surface area contributed by atoms with Gasteiger partial charge in [0.05, 0.1) is 0 Å². The Morgan fingerprint density at radius 3 is 0.667 bits per heavy atom. The summed E-state index contributed by atoms with van der Waals surface area (Å²) in [5, 5.41) is 0. The number of rotatable bonds is 0. The van der Waals surface area contributed by atoms with Crippen LogP contribution in [0.1, 0.15) is 31.1 Å². The van der Waals surface area contributed by atoms with Gasteiger partial charge in [-0.15, -0.1) is 0 Å². The molecule has 0 radical (unpaired) electrons. The van der Waals surface area contributed by atoms with Crippen molar-refractivity contribution in [2.45, 2.75) is 29.7 Å². The van der Waals surface area contributed by atoms with E-state index in [0.717, 1.165) is 0 Å². The molecule has 0 unspecified atom stereocenters. The molecule has 0 saturated heterocycles. The first-order valence-corrected chi connectivity index (χ1v) is 0. The minimum absolute atomic E-state index is 0. The van der Waals surface area contributed by atoms with Gasteiger partial charge >= 0.3 is 52.6 Å². The van der Waals surface area contributed by atoms with E-state index < -0.39 is 0 Å². The van der Waals surface area contributed by atoms with E-state index in [9.17, 15) is 0 Å². The molecule has 0 saturated carbocycles. The standard InChI is InChI=1S/4CH4.Al.2ClH.Mg.Na.4H/h4*1H4;;2*1H;;;;;;/q;;;;;;;+2;+1;;;;-1/p-2. The van der Waals surface area contributed by atoms with Crippen molar-refractivity contribution in [1.82, 2.24) is 0 Å². The molecule has 0 amide bonds. The van der Waals surface area contributed by atoms with E-state index in [2.05, 4.69) is 0 Å². The summed E-state index contributed by atoms with van der Waals surface area (Å²) in [6, 6.07) is 0. The Bertz CT molecular complexity index is 23.2. The molecule has 9 heavy (non-hydrogen) atoms. The predicted molar refractivity (Wildman–Crippen MR) is 43.7 cm³/mol. The first-order valence-electron chi connectivity index (χ1n) is 0. The minimum Gasteiger partial charge on any atom is -1.00 e. The fourth-order valence-corrected chi connectivity index (χ4v) is 0. The Kier molecular flexibility index (Phi) is 2410. The first kappa shape index (κ1) is 170. The predicted octanol–water partition coefficient (Wildman–Crippen LogP) is -7.90. The maximum Gasteiger partial charge on any atom is 2.00 e. The number of halogens is 2. The maximum absolute atomic E-state index is 0. The van der Waals surface area contributed by atoms with Gasteiger partial charge in [-0.2, -0.15) is 0 Å². The largest absolute Gasteiger partial charge is 2.00 e. The van der Waals surface area contributed by atoms with E-state index in [0.29, 0.717) is 0 Å². The Morgan fingerprint density at radius 1 is 0.667 bits per heavy atom. The average Bonchev–Trinajstić information content (AvgIpc) is 0. The third kappa shape index (κ3) is 103. The number of hydrogen-bond donors (Lipinski definition) is 0. The summed E-state index contributed by atoms with van der Waals surface area (Å²) in [5.41, 5.74) is 0. The van der Waals surface area contributed by atoms with Crippen molar-refractivity contribution in [2.24, 2.45) is 0 Å². The van der Waals surface area contributed by atoms with Crippen LogP contribution in [-0.4, -0.2) is 40.4 Å². The van der Waals surface area contributed by atoms with Gasteiger partial charge in [-0.3, -0.25) is 0 Å². The van der Waals surface area contributed by atoms with Gasteiger partial charge in [0, 0.05) is 0 Å². The zero-order valence-electron chi connectivity index (χ0n) is 3.46. The van der Waals surface area contributed by atoms with Crippen LogP contribution in [0, 0.1) is 0 Å². The van der Waals surface area contributed by atoms with Gasteiger partial charge in [-0.05, 0) is 0 Å². The number of hydrogen-bond acceptors (Lipinski definition) is 0. The normalized spacial score (nSPS) is 0. The second-order valence-corrected chi connectivity index (χ2v) is 0. The van der Waals surface area contributed by atoms with Crippen LogP contribution in [-0.2, 0) is 0 Å². The molecule has 0 aromatic heterocycles. The van der Waals surface area contributed by atoms with Crippen molar-refractivity contribution in [3.8, 4) is 0 Å². The fourth-order valence-electron chi connectivity index (χ4n) is 0. The molecule has 0 rings (SSSR count). The summed E-state index contributed by atoms with van der Waals surface area (Å²) in [6.45, 7) is 0. The molecule has 0 fully saturated rings. The molecule has 0 spiro atoms. The summed E-state index contributed by atoms with van der Waals surface area (Å²) >= 11 is 0. The van der Waals surface area contributed by atoms with E-state index in [4.69, 9.17) is 0 Å². The third-order valence-corrected chi connectivity index (χ3v) is 0. The topological polar surface area (TPSA) is 0 Å². The van der Waals surface area contributed by atoms with Gasteiger partial charge in [0.25, 0.3) is 0 Å². The quantitative estimate of drug-likeness (QED) is 0.351. The molecule has 0 aliphatic carbocycles. The van der Waals surface area contributed by atoms with Crippen molar-refractivity contribution in [1.29, 1.82) is 0 Å². The Balaban J connectivity index is 0. The fraction of sp³-hybridized carbons (Fsp3) is 1.00. The maximum atomic E-state index is 0. The van der Waals surface area contributed by atoms with Gasteiger partial charge in [0.2, 0.25) is 0 Å². The van der Waals surface area contributed by atoms with Crippen LogP contribution in [0.2, 0.25) is 0 Å². The van der Waals surface area contributed by atoms with Crippen molar-refractivity contribution in [3.63, 3.8) is 0 Å². The summed E-state index contributed by atoms with van der Waals surface area (Å²) in [5.74, 6) is 0. The van der Waals surface area contributed by atoms with Crippen LogP contribution in [0.5, 0.6) is 0 Å². The molecule has 0 aromatic rings. The molecule has 0 aromatic carbocycles. The van der Waals surface area contributed by atoms with Crippen LogP contribution in [0.15, 0.2) is 0 Å². The van der Waals surface area contributed by atoms with E-state index in [1.165, 1.54) is 0 Å². The molecule has 0 aliphatic rings. The van der Waals surface area contributed by atoms with Gasteiger partial charge < -0.3 is 26.2 Å².